The van der Waals surface area contributed by atoms with Gasteiger partial charge in [0.05, 0.1) is 11.3 Å². The van der Waals surface area contributed by atoms with E-state index in [1.165, 1.54) is 32.0 Å². The van der Waals surface area contributed by atoms with Crippen LogP contribution in [-0.4, -0.2) is 29.8 Å². The SMILES string of the molecule is CC(C)(C(=O)Nc1ccccc1C(F)(F)F)C(=O)N1CCCC1. The Hall–Kier alpha value is -2.05. The Morgan fingerprint density at radius 3 is 2.22 bits per heavy atom. The van der Waals surface area contributed by atoms with Gasteiger partial charge in [0, 0.05) is 13.1 Å². The first-order chi connectivity index (χ1) is 10.6. The minimum absolute atomic E-state index is 0.340. The van der Waals surface area contributed by atoms with Crippen molar-refractivity contribution in [2.24, 2.45) is 5.41 Å². The normalized spacial score (nSPS) is 15.6. The molecule has 0 aliphatic carbocycles. The lowest BCUT2D eigenvalue weighted by atomic mass is 9.90. The molecule has 2 rings (SSSR count). The molecule has 7 heteroatoms. The summed E-state index contributed by atoms with van der Waals surface area (Å²) in [6.07, 6.45) is -2.83. The van der Waals surface area contributed by atoms with Crippen LogP contribution in [0.1, 0.15) is 32.3 Å². The summed E-state index contributed by atoms with van der Waals surface area (Å²) in [5.74, 6) is -1.11. The van der Waals surface area contributed by atoms with Crippen LogP contribution in [0.15, 0.2) is 24.3 Å². The minimum Gasteiger partial charge on any atom is -0.342 e. The highest BCUT2D eigenvalue weighted by molar-refractivity contribution is 6.10. The summed E-state index contributed by atoms with van der Waals surface area (Å²) < 4.78 is 38.9. The molecule has 2 amide bonds. The first-order valence-corrected chi connectivity index (χ1v) is 7.41. The molecule has 0 bridgehead atoms. The standard InChI is InChI=1S/C16H19F3N2O2/c1-15(2,14(23)21-9-5-6-10-21)13(22)20-12-8-4-3-7-11(12)16(17,18)19/h3-4,7-8H,5-6,9-10H2,1-2H3,(H,20,22). The molecule has 0 aromatic heterocycles. The number of para-hydroxylation sites is 1. The molecule has 1 N–H and O–H groups in total. The lowest BCUT2D eigenvalue weighted by molar-refractivity contribution is -0.145. The van der Waals surface area contributed by atoms with Gasteiger partial charge in [0.2, 0.25) is 11.8 Å². The summed E-state index contributed by atoms with van der Waals surface area (Å²) in [5, 5.41) is 2.26. The van der Waals surface area contributed by atoms with Crippen LogP contribution >= 0.6 is 0 Å². The second-order valence-electron chi connectivity index (χ2n) is 6.12. The summed E-state index contributed by atoms with van der Waals surface area (Å²) in [7, 11) is 0. The molecule has 1 aromatic rings. The van der Waals surface area contributed by atoms with Crippen LogP contribution in [0, 0.1) is 5.41 Å². The van der Waals surface area contributed by atoms with Gasteiger partial charge in [-0.05, 0) is 38.8 Å². The van der Waals surface area contributed by atoms with Crippen molar-refractivity contribution in [3.63, 3.8) is 0 Å². The highest BCUT2D eigenvalue weighted by Crippen LogP contribution is 2.35. The van der Waals surface area contributed by atoms with Gasteiger partial charge in [-0.2, -0.15) is 13.2 Å². The van der Waals surface area contributed by atoms with Crippen LogP contribution in [0.4, 0.5) is 18.9 Å². The molecular weight excluding hydrogens is 309 g/mol. The van der Waals surface area contributed by atoms with E-state index in [0.29, 0.717) is 13.1 Å². The average molecular weight is 328 g/mol. The molecule has 1 fully saturated rings. The molecule has 0 atom stereocenters. The van der Waals surface area contributed by atoms with E-state index < -0.39 is 23.1 Å². The van der Waals surface area contributed by atoms with Crippen molar-refractivity contribution in [2.75, 3.05) is 18.4 Å². The molecular formula is C16H19F3N2O2. The van der Waals surface area contributed by atoms with Crippen LogP contribution in [0.2, 0.25) is 0 Å². The molecule has 1 aliphatic heterocycles. The number of benzene rings is 1. The third-order valence-electron chi connectivity index (χ3n) is 3.98. The number of amides is 2. The van der Waals surface area contributed by atoms with E-state index in [2.05, 4.69) is 5.32 Å². The fourth-order valence-corrected chi connectivity index (χ4v) is 2.53. The zero-order chi connectivity index (χ0) is 17.3. The third-order valence-corrected chi connectivity index (χ3v) is 3.98. The maximum absolute atomic E-state index is 13.0. The summed E-state index contributed by atoms with van der Waals surface area (Å²) >= 11 is 0. The van der Waals surface area contributed by atoms with E-state index in [1.54, 1.807) is 4.90 Å². The largest absolute Gasteiger partial charge is 0.418 e. The zero-order valence-corrected chi connectivity index (χ0v) is 13.0. The molecule has 4 nitrogen and oxygen atoms in total. The molecule has 1 saturated heterocycles. The number of carbonyl (C=O) groups is 2. The number of hydrogen-bond acceptors (Lipinski definition) is 2. The maximum Gasteiger partial charge on any atom is 0.418 e. The topological polar surface area (TPSA) is 49.4 Å². The van der Waals surface area contributed by atoms with Gasteiger partial charge in [-0.3, -0.25) is 9.59 Å². The van der Waals surface area contributed by atoms with E-state index in [1.807, 2.05) is 0 Å². The zero-order valence-electron chi connectivity index (χ0n) is 13.0. The van der Waals surface area contributed by atoms with Gasteiger partial charge in [0.1, 0.15) is 5.41 Å². The summed E-state index contributed by atoms with van der Waals surface area (Å²) in [6, 6.07) is 4.72. The number of hydrogen-bond donors (Lipinski definition) is 1. The van der Waals surface area contributed by atoms with E-state index >= 15 is 0 Å². The fourth-order valence-electron chi connectivity index (χ4n) is 2.53. The van der Waals surface area contributed by atoms with Crippen molar-refractivity contribution in [3.05, 3.63) is 29.8 Å². The van der Waals surface area contributed by atoms with Gasteiger partial charge >= 0.3 is 6.18 Å². The van der Waals surface area contributed by atoms with Crippen molar-refractivity contribution < 1.29 is 22.8 Å². The van der Waals surface area contributed by atoms with Crippen LogP contribution in [0.3, 0.4) is 0 Å². The summed E-state index contributed by atoms with van der Waals surface area (Å²) in [5.41, 5.74) is -2.70. The number of nitrogens with one attached hydrogen (secondary N) is 1. The Balaban J connectivity index is 2.20. The molecule has 1 aromatic carbocycles. The van der Waals surface area contributed by atoms with Gasteiger partial charge in [-0.25, -0.2) is 0 Å². The number of carbonyl (C=O) groups excluding carboxylic acids is 2. The van der Waals surface area contributed by atoms with E-state index in [-0.39, 0.29) is 11.6 Å². The summed E-state index contributed by atoms with van der Waals surface area (Å²) in [6.45, 7) is 4.02. The minimum atomic E-state index is -4.58. The lowest BCUT2D eigenvalue weighted by Gasteiger charge is -2.28. The van der Waals surface area contributed by atoms with E-state index in [9.17, 15) is 22.8 Å². The summed E-state index contributed by atoms with van der Waals surface area (Å²) in [4.78, 5) is 26.4. The Bertz CT molecular complexity index is 606. The van der Waals surface area contributed by atoms with Crippen LogP contribution in [0.5, 0.6) is 0 Å². The molecule has 126 valence electrons. The monoisotopic (exact) mass is 328 g/mol. The first-order valence-electron chi connectivity index (χ1n) is 7.41. The van der Waals surface area contributed by atoms with Gasteiger partial charge < -0.3 is 10.2 Å². The molecule has 23 heavy (non-hydrogen) atoms. The van der Waals surface area contributed by atoms with Crippen LogP contribution in [0.25, 0.3) is 0 Å². The first kappa shape index (κ1) is 17.3. The molecule has 0 radical (unpaired) electrons. The third kappa shape index (κ3) is 3.65. The Morgan fingerprint density at radius 1 is 1.09 bits per heavy atom. The van der Waals surface area contributed by atoms with Crippen molar-refractivity contribution >= 4 is 17.5 Å². The maximum atomic E-state index is 13.0. The van der Waals surface area contributed by atoms with Crippen LogP contribution in [-0.2, 0) is 15.8 Å². The van der Waals surface area contributed by atoms with Gasteiger partial charge in [-0.1, -0.05) is 12.1 Å². The van der Waals surface area contributed by atoms with Gasteiger partial charge in [0.25, 0.3) is 0 Å². The predicted octanol–water partition coefficient (Wildman–Crippen LogP) is 3.29. The molecule has 0 saturated carbocycles. The van der Waals surface area contributed by atoms with Crippen molar-refractivity contribution in [3.8, 4) is 0 Å². The number of anilines is 1. The number of alkyl halides is 3. The van der Waals surface area contributed by atoms with Crippen molar-refractivity contribution in [1.29, 1.82) is 0 Å². The van der Waals surface area contributed by atoms with Gasteiger partial charge in [0.15, 0.2) is 0 Å². The Labute approximate surface area is 132 Å². The molecule has 1 heterocycles. The molecule has 1 aliphatic rings. The fraction of sp³-hybridized carbons (Fsp3) is 0.500. The number of nitrogens with zero attached hydrogens (tertiary/aromatic N) is 1. The Kier molecular flexibility index (Phi) is 4.68. The van der Waals surface area contributed by atoms with Crippen molar-refractivity contribution in [1.82, 2.24) is 4.90 Å². The quantitative estimate of drug-likeness (QED) is 0.866. The Morgan fingerprint density at radius 2 is 1.65 bits per heavy atom. The molecule has 0 spiro atoms. The highest BCUT2D eigenvalue weighted by Gasteiger charge is 2.41. The van der Waals surface area contributed by atoms with Crippen molar-refractivity contribution in [2.45, 2.75) is 32.9 Å². The van der Waals surface area contributed by atoms with Gasteiger partial charge in [-0.15, -0.1) is 0 Å². The second-order valence-corrected chi connectivity index (χ2v) is 6.12. The second kappa shape index (κ2) is 6.22. The molecule has 0 unspecified atom stereocenters. The predicted molar refractivity (Wildman–Crippen MR) is 79.7 cm³/mol. The number of halogens is 3. The van der Waals surface area contributed by atoms with E-state index in [4.69, 9.17) is 0 Å². The number of likely N-dealkylation sites (tertiary alicyclic amines) is 1. The average Bonchev–Trinajstić information content (AvgIpc) is 2.99. The smallest absolute Gasteiger partial charge is 0.342 e. The lowest BCUT2D eigenvalue weighted by Crippen LogP contribution is -2.46. The highest BCUT2D eigenvalue weighted by atomic mass is 19.4. The number of rotatable bonds is 3. The van der Waals surface area contributed by atoms with Crippen LogP contribution < -0.4 is 5.32 Å². The van der Waals surface area contributed by atoms with E-state index in [0.717, 1.165) is 18.9 Å².